The predicted octanol–water partition coefficient (Wildman–Crippen LogP) is 5.92. The van der Waals surface area contributed by atoms with E-state index in [0.29, 0.717) is 30.3 Å². The van der Waals surface area contributed by atoms with E-state index in [1.54, 1.807) is 42.5 Å². The molecule has 1 amide bonds. The first-order valence-corrected chi connectivity index (χ1v) is 12.1. The molecule has 0 aromatic heterocycles. The summed E-state index contributed by atoms with van der Waals surface area (Å²) in [6.07, 6.45) is 0.0478. The SMILES string of the molecule is O=C(N[C@H](Cc1ccc(OCc2ccccc2)c(OCc2ccccc2)c1)C(=O)O)c1ccccc1Cl. The quantitative estimate of drug-likeness (QED) is 0.259. The third-order valence-corrected chi connectivity index (χ3v) is 5.97. The van der Waals surface area contributed by atoms with Crippen molar-refractivity contribution in [2.24, 2.45) is 0 Å². The lowest BCUT2D eigenvalue weighted by Crippen LogP contribution is -2.42. The van der Waals surface area contributed by atoms with Crippen molar-refractivity contribution in [2.45, 2.75) is 25.7 Å². The minimum atomic E-state index is -1.16. The summed E-state index contributed by atoms with van der Waals surface area (Å²) in [6.45, 7) is 0.672. The molecule has 6 nitrogen and oxygen atoms in total. The highest BCUT2D eigenvalue weighted by molar-refractivity contribution is 6.33. The van der Waals surface area contributed by atoms with Crippen LogP contribution in [0.5, 0.6) is 11.5 Å². The highest BCUT2D eigenvalue weighted by atomic mass is 35.5. The number of hydrogen-bond donors (Lipinski definition) is 2. The Morgan fingerprint density at radius 3 is 1.89 bits per heavy atom. The smallest absolute Gasteiger partial charge is 0.326 e. The van der Waals surface area contributed by atoms with Gasteiger partial charge in [-0.3, -0.25) is 4.79 Å². The molecule has 7 heteroatoms. The van der Waals surface area contributed by atoms with Gasteiger partial charge < -0.3 is 19.9 Å². The molecule has 1 atom stereocenters. The van der Waals surface area contributed by atoms with Gasteiger partial charge in [-0.25, -0.2) is 4.79 Å². The zero-order chi connectivity index (χ0) is 26.0. The summed E-state index contributed by atoms with van der Waals surface area (Å²) < 4.78 is 12.1. The Morgan fingerprint density at radius 2 is 1.30 bits per heavy atom. The van der Waals surface area contributed by atoms with Crippen molar-refractivity contribution in [1.82, 2.24) is 5.32 Å². The van der Waals surface area contributed by atoms with Crippen LogP contribution < -0.4 is 14.8 Å². The maximum Gasteiger partial charge on any atom is 0.326 e. The second kappa shape index (κ2) is 12.6. The van der Waals surface area contributed by atoms with Gasteiger partial charge in [0, 0.05) is 6.42 Å². The zero-order valence-electron chi connectivity index (χ0n) is 20.0. The number of ether oxygens (including phenoxy) is 2. The molecule has 0 radical (unpaired) electrons. The summed E-state index contributed by atoms with van der Waals surface area (Å²) in [7, 11) is 0. The second-order valence-electron chi connectivity index (χ2n) is 8.38. The number of carboxylic acid groups (broad SMARTS) is 1. The van der Waals surface area contributed by atoms with Crippen molar-refractivity contribution in [3.8, 4) is 11.5 Å². The third kappa shape index (κ3) is 7.35. The lowest BCUT2D eigenvalue weighted by Gasteiger charge is -2.18. The fourth-order valence-corrected chi connectivity index (χ4v) is 3.92. The molecule has 0 spiro atoms. The number of rotatable bonds is 11. The van der Waals surface area contributed by atoms with Crippen molar-refractivity contribution < 1.29 is 24.2 Å². The van der Waals surface area contributed by atoms with Gasteiger partial charge in [-0.05, 0) is 41.0 Å². The van der Waals surface area contributed by atoms with Crippen LogP contribution >= 0.6 is 11.6 Å². The number of hydrogen-bond acceptors (Lipinski definition) is 4. The molecule has 4 rings (SSSR count). The zero-order valence-corrected chi connectivity index (χ0v) is 20.7. The number of carboxylic acids is 1. The first-order valence-electron chi connectivity index (χ1n) is 11.7. The Labute approximate surface area is 220 Å². The maximum atomic E-state index is 12.7. The van der Waals surface area contributed by atoms with Gasteiger partial charge >= 0.3 is 5.97 Å². The first-order chi connectivity index (χ1) is 18.0. The molecule has 0 aliphatic rings. The number of carbonyl (C=O) groups excluding carboxylic acids is 1. The molecule has 0 fully saturated rings. The number of nitrogens with one attached hydrogen (secondary N) is 1. The lowest BCUT2D eigenvalue weighted by atomic mass is 10.0. The fourth-order valence-electron chi connectivity index (χ4n) is 3.70. The Bertz CT molecular complexity index is 1340. The van der Waals surface area contributed by atoms with Gasteiger partial charge in [-0.1, -0.05) is 90.5 Å². The molecule has 0 aliphatic heterocycles. The van der Waals surface area contributed by atoms with Crippen molar-refractivity contribution in [3.05, 3.63) is 130 Å². The predicted molar refractivity (Wildman–Crippen MR) is 142 cm³/mol. The molecule has 0 saturated carbocycles. The minimum absolute atomic E-state index is 0.0478. The Hall–Kier alpha value is -4.29. The van der Waals surface area contributed by atoms with Crippen LogP contribution in [0.25, 0.3) is 0 Å². The van der Waals surface area contributed by atoms with E-state index < -0.39 is 17.9 Å². The van der Waals surface area contributed by atoms with E-state index in [0.717, 1.165) is 11.1 Å². The normalized spacial score (nSPS) is 11.4. The van der Waals surface area contributed by atoms with E-state index in [-0.39, 0.29) is 17.0 Å². The van der Waals surface area contributed by atoms with Crippen LogP contribution in [0, 0.1) is 0 Å². The summed E-state index contributed by atoms with van der Waals surface area (Å²) in [4.78, 5) is 24.6. The molecule has 0 heterocycles. The Kier molecular flexibility index (Phi) is 8.79. The molecule has 0 bridgehead atoms. The second-order valence-corrected chi connectivity index (χ2v) is 8.79. The van der Waals surface area contributed by atoms with Gasteiger partial charge in [0.15, 0.2) is 11.5 Å². The van der Waals surface area contributed by atoms with Crippen molar-refractivity contribution in [1.29, 1.82) is 0 Å². The average molecular weight is 516 g/mol. The Balaban J connectivity index is 1.52. The summed E-state index contributed by atoms with van der Waals surface area (Å²) in [5.41, 5.74) is 2.88. The molecule has 0 aliphatic carbocycles. The van der Waals surface area contributed by atoms with Crippen molar-refractivity contribution in [2.75, 3.05) is 0 Å². The number of benzene rings is 4. The topological polar surface area (TPSA) is 84.9 Å². The number of aliphatic carboxylic acids is 1. The molecule has 4 aromatic carbocycles. The van der Waals surface area contributed by atoms with Crippen LogP contribution in [0.2, 0.25) is 5.02 Å². The van der Waals surface area contributed by atoms with E-state index in [2.05, 4.69) is 5.32 Å². The fraction of sp³-hybridized carbons (Fsp3) is 0.133. The highest BCUT2D eigenvalue weighted by Crippen LogP contribution is 2.31. The van der Waals surface area contributed by atoms with Crippen molar-refractivity contribution in [3.63, 3.8) is 0 Å². The number of carbonyl (C=O) groups is 2. The summed E-state index contributed by atoms with van der Waals surface area (Å²) in [6, 6.07) is 30.1. The van der Waals surface area contributed by atoms with Crippen LogP contribution in [0.1, 0.15) is 27.0 Å². The molecular weight excluding hydrogens is 490 g/mol. The van der Waals surface area contributed by atoms with Gasteiger partial charge in [0.05, 0.1) is 10.6 Å². The Morgan fingerprint density at radius 1 is 0.730 bits per heavy atom. The van der Waals surface area contributed by atoms with Gasteiger partial charge in [0.25, 0.3) is 5.91 Å². The molecule has 188 valence electrons. The maximum absolute atomic E-state index is 12.7. The van der Waals surface area contributed by atoms with Gasteiger partial charge in [0.2, 0.25) is 0 Å². The van der Waals surface area contributed by atoms with E-state index in [9.17, 15) is 14.7 Å². The van der Waals surface area contributed by atoms with Crippen LogP contribution in [0.15, 0.2) is 103 Å². The van der Waals surface area contributed by atoms with Gasteiger partial charge in [-0.2, -0.15) is 0 Å². The number of halogens is 1. The largest absolute Gasteiger partial charge is 0.485 e. The molecular formula is C30H26ClNO5. The first kappa shape index (κ1) is 25.8. The van der Waals surface area contributed by atoms with E-state index in [1.165, 1.54) is 0 Å². The summed E-state index contributed by atoms with van der Waals surface area (Å²) in [5, 5.41) is 12.6. The lowest BCUT2D eigenvalue weighted by molar-refractivity contribution is -0.139. The number of amides is 1. The summed E-state index contributed by atoms with van der Waals surface area (Å²) in [5.74, 6) is -0.688. The minimum Gasteiger partial charge on any atom is -0.485 e. The highest BCUT2D eigenvalue weighted by Gasteiger charge is 2.23. The van der Waals surface area contributed by atoms with Crippen LogP contribution in [0.3, 0.4) is 0 Å². The monoisotopic (exact) mass is 515 g/mol. The molecule has 2 N–H and O–H groups in total. The van der Waals surface area contributed by atoms with E-state index in [1.807, 2.05) is 60.7 Å². The molecule has 4 aromatic rings. The van der Waals surface area contributed by atoms with Crippen LogP contribution in [0.4, 0.5) is 0 Å². The standard InChI is InChI=1S/C30H26ClNO5/c31-25-14-8-7-13-24(25)29(33)32-26(30(34)35)17-23-15-16-27(36-19-21-9-3-1-4-10-21)28(18-23)37-20-22-11-5-2-6-12-22/h1-16,18,26H,17,19-20H2,(H,32,33)(H,34,35)/t26-/m1/s1. The van der Waals surface area contributed by atoms with Gasteiger partial charge in [0.1, 0.15) is 19.3 Å². The molecule has 37 heavy (non-hydrogen) atoms. The van der Waals surface area contributed by atoms with Gasteiger partial charge in [-0.15, -0.1) is 0 Å². The van der Waals surface area contributed by atoms with Crippen LogP contribution in [-0.4, -0.2) is 23.0 Å². The van der Waals surface area contributed by atoms with E-state index in [4.69, 9.17) is 21.1 Å². The third-order valence-electron chi connectivity index (χ3n) is 5.64. The van der Waals surface area contributed by atoms with Crippen LogP contribution in [-0.2, 0) is 24.4 Å². The summed E-state index contributed by atoms with van der Waals surface area (Å²) >= 11 is 6.10. The van der Waals surface area contributed by atoms with Crippen molar-refractivity contribution >= 4 is 23.5 Å². The molecule has 0 saturated heterocycles. The average Bonchev–Trinajstić information content (AvgIpc) is 2.92. The van der Waals surface area contributed by atoms with E-state index >= 15 is 0 Å². The molecule has 0 unspecified atom stereocenters.